The molecule has 0 saturated carbocycles. The van der Waals surface area contributed by atoms with Crippen LogP contribution in [0.1, 0.15) is 12.6 Å². The van der Waals surface area contributed by atoms with Gasteiger partial charge in [0, 0.05) is 18.7 Å². The van der Waals surface area contributed by atoms with Crippen molar-refractivity contribution < 1.29 is 191 Å². The van der Waals surface area contributed by atoms with Crippen LogP contribution in [0.3, 0.4) is 0 Å². The standard InChI is InChI=1S/C9H12N2O5.5Ni.2H5O10P3/c12-4-6-5(13)3-8(16-6)11-2-1-7(14)10-9(11)15;;;;;;2*1-11(2,3)9-13(7,8)10-12(4,5)6/h1-2,5-6,8,12-13H,3-4H2,(H,10,14,15);;;;;;2*(H,7,8)(H2,1,2,3)(H2,4,5,6)/q;5*+2;;/p-10/t5-,6+,8+;;;;;;;/m0......./s1. The first-order valence-corrected chi connectivity index (χ1v) is 18.0. The molecule has 0 radical (unpaired) electrons. The Morgan fingerprint density at radius 1 is 0.723 bits per heavy atom. The van der Waals surface area contributed by atoms with Gasteiger partial charge in [-0.25, -0.2) is 4.79 Å². The first kappa shape index (κ1) is 60.9. The summed E-state index contributed by atoms with van der Waals surface area (Å²) in [5.41, 5.74) is -1.08. The Balaban J connectivity index is -0.000000129. The topological polar surface area (TPSA) is 474 Å². The summed E-state index contributed by atoms with van der Waals surface area (Å²) in [7, 11) is -35.8. The van der Waals surface area contributed by atoms with E-state index in [4.69, 9.17) is 9.84 Å². The van der Waals surface area contributed by atoms with Gasteiger partial charge < -0.3 is 82.1 Å². The zero-order valence-electron chi connectivity index (χ0n) is 20.8. The van der Waals surface area contributed by atoms with Crippen molar-refractivity contribution in [1.29, 1.82) is 0 Å². The average Bonchev–Trinajstić information content (AvgIpc) is 3.01. The van der Waals surface area contributed by atoms with Crippen molar-refractivity contribution in [3.63, 3.8) is 0 Å². The van der Waals surface area contributed by atoms with Crippen molar-refractivity contribution in [1.82, 2.24) is 9.55 Å². The molecule has 1 aromatic rings. The number of H-pyrrole nitrogens is 1. The normalized spacial score (nSPS) is 18.1. The largest absolute Gasteiger partial charge is 2.00 e. The van der Waals surface area contributed by atoms with Gasteiger partial charge in [-0.3, -0.25) is 40.7 Å². The number of hydrogen-bond donors (Lipinski definition) is 3. The maximum Gasteiger partial charge on any atom is 2.00 e. The zero-order chi connectivity index (χ0) is 33.5. The van der Waals surface area contributed by atoms with Gasteiger partial charge in [-0.05, 0) is 0 Å². The van der Waals surface area contributed by atoms with Gasteiger partial charge >= 0.3 is 88.1 Å². The Morgan fingerprint density at radius 3 is 1.28 bits per heavy atom. The third kappa shape index (κ3) is 31.1. The fourth-order valence-corrected chi connectivity index (χ4v) is 6.92. The quantitative estimate of drug-likeness (QED) is 0.145. The molecule has 2 heterocycles. The molecule has 0 spiro atoms. The van der Waals surface area contributed by atoms with Crippen LogP contribution in [-0.2, 0) is 132 Å². The van der Waals surface area contributed by atoms with Gasteiger partial charge in [0.05, 0.1) is 44.0 Å². The van der Waals surface area contributed by atoms with E-state index in [1.807, 2.05) is 0 Å². The predicted molar refractivity (Wildman–Crippen MR) is 103 cm³/mol. The van der Waals surface area contributed by atoms with Crippen molar-refractivity contribution in [2.75, 3.05) is 6.61 Å². The third-order valence-corrected chi connectivity index (χ3v) is 9.75. The van der Waals surface area contributed by atoms with Crippen LogP contribution in [-0.4, -0.2) is 38.6 Å². The van der Waals surface area contributed by atoms with Gasteiger partial charge in [-0.2, -0.15) is 0 Å². The number of nitrogens with one attached hydrogen (secondary N) is 1. The van der Waals surface area contributed by atoms with Crippen molar-refractivity contribution in [3.8, 4) is 0 Å². The molecule has 0 aliphatic carbocycles. The third-order valence-electron chi connectivity index (χ3n) is 3.35. The Hall–Kier alpha value is 1.85. The second-order valence-electron chi connectivity index (χ2n) is 6.64. The minimum absolute atomic E-state index is 0. The van der Waals surface area contributed by atoms with Gasteiger partial charge in [0.25, 0.3) is 21.2 Å². The summed E-state index contributed by atoms with van der Waals surface area (Å²) in [5, 5.41) is 18.4. The van der Waals surface area contributed by atoms with Gasteiger partial charge in [-0.15, -0.1) is 0 Å². The molecule has 1 saturated heterocycles. The summed E-state index contributed by atoms with van der Waals surface area (Å²) >= 11 is 0. The fourth-order valence-electron chi connectivity index (χ4n) is 2.22. The molecule has 0 unspecified atom stereocenters. The molecule has 1 aliphatic heterocycles. The van der Waals surface area contributed by atoms with Gasteiger partial charge in [0.1, 0.15) is 12.3 Å². The molecular formula is C9H12N2Ni5O25P6. The van der Waals surface area contributed by atoms with E-state index in [0.29, 0.717) is 0 Å². The molecule has 3 N–H and O–H groups in total. The van der Waals surface area contributed by atoms with Crippen LogP contribution in [0.15, 0.2) is 21.9 Å². The molecule has 2 rings (SSSR count). The molecular weight excluding hydrogens is 1020 g/mol. The molecule has 0 bridgehead atoms. The molecule has 1 aliphatic rings. The Morgan fingerprint density at radius 2 is 1.04 bits per heavy atom. The minimum atomic E-state index is -5.97. The number of nitrogens with zero attached hydrogens (tertiary/aromatic N) is 1. The van der Waals surface area contributed by atoms with Crippen LogP contribution < -0.4 is 60.2 Å². The summed E-state index contributed by atoms with van der Waals surface area (Å²) in [6.45, 7) is -0.310. The van der Waals surface area contributed by atoms with Crippen LogP contribution in [0, 0.1) is 0 Å². The van der Waals surface area contributed by atoms with Crippen LogP contribution in [0.4, 0.5) is 0 Å². The van der Waals surface area contributed by atoms with Crippen LogP contribution >= 0.6 is 46.9 Å². The van der Waals surface area contributed by atoms with Crippen molar-refractivity contribution in [3.05, 3.63) is 33.1 Å². The Kier molecular flexibility index (Phi) is 31.4. The fraction of sp³-hybridized carbons (Fsp3) is 0.556. The number of hydrogen-bond acceptors (Lipinski definition) is 25. The van der Waals surface area contributed by atoms with E-state index in [1.165, 1.54) is 16.8 Å². The first-order valence-electron chi connectivity index (χ1n) is 9.26. The summed E-state index contributed by atoms with van der Waals surface area (Å²) in [6, 6.07) is 1.20. The number of aliphatic hydroxyl groups excluding tert-OH is 2. The van der Waals surface area contributed by atoms with E-state index in [1.54, 1.807) is 0 Å². The van der Waals surface area contributed by atoms with Crippen LogP contribution in [0.5, 0.6) is 0 Å². The van der Waals surface area contributed by atoms with Crippen molar-refractivity contribution in [2.45, 2.75) is 24.9 Å². The van der Waals surface area contributed by atoms with E-state index < -0.39 is 76.6 Å². The second kappa shape index (κ2) is 24.2. The molecule has 27 nitrogen and oxygen atoms in total. The Bertz CT molecular complexity index is 1350. The number of ether oxygens (including phenoxy) is 1. The minimum Gasteiger partial charge on any atom is -0.790 e. The average molecular weight is 1030 g/mol. The van der Waals surface area contributed by atoms with Crippen LogP contribution in [0.25, 0.3) is 0 Å². The summed E-state index contributed by atoms with van der Waals surface area (Å²) in [4.78, 5) is 122. The molecule has 1 aromatic heterocycles. The molecule has 47 heavy (non-hydrogen) atoms. The maximum absolute atomic E-state index is 11.4. The number of phosphoric acid groups is 6. The Labute approximate surface area is 310 Å². The molecule has 288 valence electrons. The smallest absolute Gasteiger partial charge is 0.790 e. The molecule has 1 fully saturated rings. The van der Waals surface area contributed by atoms with Gasteiger partial charge in [-0.1, -0.05) is 0 Å². The molecule has 0 aromatic carbocycles. The summed E-state index contributed by atoms with van der Waals surface area (Å²) in [6.07, 6.45) is -0.649. The second-order valence-corrected chi connectivity index (χ2v) is 14.6. The molecule has 38 heteroatoms. The van der Waals surface area contributed by atoms with E-state index in [9.17, 15) is 91.0 Å². The maximum atomic E-state index is 11.4. The number of aromatic nitrogens is 2. The van der Waals surface area contributed by atoms with E-state index in [2.05, 4.69) is 22.2 Å². The predicted octanol–water partition coefficient (Wildman–Crippen LogP) is -9.54. The van der Waals surface area contributed by atoms with Crippen molar-refractivity contribution in [2.24, 2.45) is 0 Å². The number of rotatable bonds is 10. The summed E-state index contributed by atoms with van der Waals surface area (Å²) < 4.78 is 75.8. The van der Waals surface area contributed by atoms with Gasteiger partial charge in [0.2, 0.25) is 0 Å². The zero-order valence-corrected chi connectivity index (χ0v) is 31.1. The SMILES string of the molecule is O=P([O-])([O-])OP(=O)([O-])OP(=O)([O-])[O-].O=P([O-])([O-])OP(=O)([O-])OP(=O)([O-])[O-].O=c1ccn([C@H]2C[C@H](O)[C@@H](CO)O2)c(=O)[nH]1.[Ni+2].[Ni+2].[Ni+2].[Ni+2].[Ni+2]. The van der Waals surface area contributed by atoms with Crippen LogP contribution in [0.2, 0.25) is 0 Å². The number of aromatic amines is 1. The van der Waals surface area contributed by atoms with E-state index >= 15 is 0 Å². The van der Waals surface area contributed by atoms with E-state index in [0.717, 1.165) is 0 Å². The summed E-state index contributed by atoms with van der Waals surface area (Å²) in [5.74, 6) is 0. The molecule has 3 atom stereocenters. The molecule has 0 amide bonds. The number of aliphatic hydroxyl groups is 2. The monoisotopic (exact) mass is 1020 g/mol. The van der Waals surface area contributed by atoms with Crippen molar-refractivity contribution >= 4 is 46.9 Å². The first-order chi connectivity index (χ1) is 18.4. The van der Waals surface area contributed by atoms with Gasteiger partial charge in [0.15, 0.2) is 0 Å². The van der Waals surface area contributed by atoms with E-state index in [-0.39, 0.29) is 95.5 Å².